The van der Waals surface area contributed by atoms with Crippen molar-refractivity contribution in [1.29, 1.82) is 5.26 Å². The van der Waals surface area contributed by atoms with Gasteiger partial charge >= 0.3 is 0 Å². The molecule has 0 aliphatic carbocycles. The van der Waals surface area contributed by atoms with Gasteiger partial charge in [0, 0.05) is 31.7 Å². The highest BCUT2D eigenvalue weighted by Gasteiger charge is 2.28. The molecule has 6 nitrogen and oxygen atoms in total. The van der Waals surface area contributed by atoms with Gasteiger partial charge in [0.1, 0.15) is 11.8 Å². The maximum absolute atomic E-state index is 13.1. The first-order valence-electron chi connectivity index (χ1n) is 10.7. The lowest BCUT2D eigenvalue weighted by Gasteiger charge is -2.37. The summed E-state index contributed by atoms with van der Waals surface area (Å²) in [6.07, 6.45) is 0. The molecule has 1 fully saturated rings. The first-order valence-corrected chi connectivity index (χ1v) is 10.7. The van der Waals surface area contributed by atoms with E-state index in [1.165, 1.54) is 0 Å². The third-order valence-electron chi connectivity index (χ3n) is 5.91. The molecule has 0 N–H and O–H groups in total. The van der Waals surface area contributed by atoms with Gasteiger partial charge in [0.05, 0.1) is 30.1 Å². The molecule has 1 aliphatic heterocycles. The minimum absolute atomic E-state index is 0.00721. The number of aromatic nitrogens is 1. The molecule has 0 radical (unpaired) electrons. The Hall–Kier alpha value is -3.69. The van der Waals surface area contributed by atoms with Crippen molar-refractivity contribution in [3.8, 4) is 23.1 Å². The summed E-state index contributed by atoms with van der Waals surface area (Å²) < 4.78 is 5.21. The van der Waals surface area contributed by atoms with Gasteiger partial charge in [0.2, 0.25) is 0 Å². The van der Waals surface area contributed by atoms with E-state index in [0.717, 1.165) is 28.3 Å². The van der Waals surface area contributed by atoms with Crippen LogP contribution in [0.3, 0.4) is 0 Å². The zero-order valence-corrected chi connectivity index (χ0v) is 18.4. The Labute approximate surface area is 188 Å². The van der Waals surface area contributed by atoms with Crippen LogP contribution in [0.4, 0.5) is 0 Å². The maximum atomic E-state index is 13.1. The number of methoxy groups -OCH3 is 1. The number of ether oxygens (including phenoxy) is 1. The first-order chi connectivity index (χ1) is 15.6. The second-order valence-corrected chi connectivity index (χ2v) is 7.83. The van der Waals surface area contributed by atoms with Gasteiger partial charge in [-0.15, -0.1) is 0 Å². The van der Waals surface area contributed by atoms with Crippen LogP contribution >= 0.6 is 0 Å². The molecule has 32 heavy (non-hydrogen) atoms. The molecule has 2 aromatic carbocycles. The average Bonchev–Trinajstić information content (AvgIpc) is 2.85. The van der Waals surface area contributed by atoms with E-state index < -0.39 is 0 Å². The van der Waals surface area contributed by atoms with E-state index in [2.05, 4.69) is 16.0 Å². The second-order valence-electron chi connectivity index (χ2n) is 7.83. The molecule has 1 unspecified atom stereocenters. The van der Waals surface area contributed by atoms with E-state index in [4.69, 9.17) is 4.74 Å². The number of nitriles is 1. The van der Waals surface area contributed by atoms with Gasteiger partial charge < -0.3 is 9.64 Å². The predicted molar refractivity (Wildman–Crippen MR) is 123 cm³/mol. The minimum Gasteiger partial charge on any atom is -0.497 e. The fourth-order valence-electron chi connectivity index (χ4n) is 4.06. The van der Waals surface area contributed by atoms with Crippen LogP contribution in [-0.4, -0.2) is 54.0 Å². The molecule has 2 heterocycles. The minimum atomic E-state index is -0.341. The molecule has 1 aromatic heterocycles. The highest BCUT2D eigenvalue weighted by Crippen LogP contribution is 2.25. The zero-order chi connectivity index (χ0) is 22.5. The summed E-state index contributed by atoms with van der Waals surface area (Å²) in [6, 6.07) is 23.4. The van der Waals surface area contributed by atoms with Crippen LogP contribution in [0.2, 0.25) is 0 Å². The normalized spacial score (nSPS) is 15.1. The summed E-state index contributed by atoms with van der Waals surface area (Å²) in [5.74, 6) is 0.760. The van der Waals surface area contributed by atoms with E-state index in [-0.39, 0.29) is 11.9 Å². The van der Waals surface area contributed by atoms with E-state index in [1.807, 2.05) is 78.6 Å². The Kier molecular flexibility index (Phi) is 6.48. The fourth-order valence-corrected chi connectivity index (χ4v) is 4.06. The lowest BCUT2D eigenvalue weighted by Crippen LogP contribution is -2.49. The molecule has 0 spiro atoms. The van der Waals surface area contributed by atoms with Gasteiger partial charge in [-0.05, 0) is 36.8 Å². The van der Waals surface area contributed by atoms with Crippen LogP contribution in [0.15, 0.2) is 66.7 Å². The van der Waals surface area contributed by atoms with E-state index >= 15 is 0 Å². The van der Waals surface area contributed by atoms with Crippen molar-refractivity contribution in [1.82, 2.24) is 14.8 Å². The zero-order valence-electron chi connectivity index (χ0n) is 18.4. The van der Waals surface area contributed by atoms with Crippen LogP contribution < -0.4 is 4.74 Å². The Bertz CT molecular complexity index is 1110. The predicted octanol–water partition coefficient (Wildman–Crippen LogP) is 4.09. The highest BCUT2D eigenvalue weighted by atomic mass is 16.5. The quantitative estimate of drug-likeness (QED) is 0.615. The monoisotopic (exact) mass is 426 g/mol. The van der Waals surface area contributed by atoms with Crippen LogP contribution in [0.25, 0.3) is 11.3 Å². The smallest absolute Gasteiger partial charge is 0.255 e. The average molecular weight is 427 g/mol. The third kappa shape index (κ3) is 4.48. The molecule has 1 amide bonds. The lowest BCUT2D eigenvalue weighted by molar-refractivity contribution is 0.0605. The summed E-state index contributed by atoms with van der Waals surface area (Å²) >= 11 is 0. The Morgan fingerprint density at radius 1 is 1.00 bits per heavy atom. The lowest BCUT2D eigenvalue weighted by atomic mass is 10.0. The number of piperazine rings is 1. The SMILES string of the molecule is COc1ccc(C(C#N)N2CCN(C(=O)c3ccc(-c4ccccc4)nc3C)CC2)cc1. The van der Waals surface area contributed by atoms with Crippen LogP contribution in [0.1, 0.15) is 27.7 Å². The van der Waals surface area contributed by atoms with E-state index in [1.54, 1.807) is 7.11 Å². The Balaban J connectivity index is 1.42. The number of nitrogens with zero attached hydrogens (tertiary/aromatic N) is 4. The van der Waals surface area contributed by atoms with Crippen LogP contribution in [-0.2, 0) is 0 Å². The van der Waals surface area contributed by atoms with E-state index in [0.29, 0.717) is 31.7 Å². The number of benzene rings is 2. The highest BCUT2D eigenvalue weighted by molar-refractivity contribution is 5.95. The Morgan fingerprint density at radius 3 is 2.28 bits per heavy atom. The topological polar surface area (TPSA) is 69.5 Å². The van der Waals surface area contributed by atoms with Gasteiger partial charge in [0.15, 0.2) is 0 Å². The molecular formula is C26H26N4O2. The molecule has 162 valence electrons. The van der Waals surface area contributed by atoms with E-state index in [9.17, 15) is 10.1 Å². The van der Waals surface area contributed by atoms with Gasteiger partial charge in [-0.1, -0.05) is 42.5 Å². The summed E-state index contributed by atoms with van der Waals surface area (Å²) in [6.45, 7) is 4.32. The second kappa shape index (κ2) is 9.63. The van der Waals surface area contributed by atoms with Crippen molar-refractivity contribution in [3.05, 3.63) is 83.6 Å². The molecule has 4 rings (SSSR count). The van der Waals surface area contributed by atoms with Crippen molar-refractivity contribution in [2.75, 3.05) is 33.3 Å². The van der Waals surface area contributed by atoms with Gasteiger partial charge in [-0.2, -0.15) is 5.26 Å². The maximum Gasteiger partial charge on any atom is 0.255 e. The number of hydrogen-bond acceptors (Lipinski definition) is 5. The number of carbonyl (C=O) groups excluding carboxylic acids is 1. The molecule has 6 heteroatoms. The largest absolute Gasteiger partial charge is 0.497 e. The third-order valence-corrected chi connectivity index (χ3v) is 5.91. The number of carbonyl (C=O) groups is 1. The molecular weight excluding hydrogens is 400 g/mol. The van der Waals surface area contributed by atoms with Crippen LogP contribution in [0.5, 0.6) is 5.75 Å². The van der Waals surface area contributed by atoms with Crippen molar-refractivity contribution in [3.63, 3.8) is 0 Å². The number of pyridine rings is 1. The number of hydrogen-bond donors (Lipinski definition) is 0. The van der Waals surface area contributed by atoms with Crippen molar-refractivity contribution >= 4 is 5.91 Å². The fraction of sp³-hybridized carbons (Fsp3) is 0.269. The van der Waals surface area contributed by atoms with Crippen molar-refractivity contribution in [2.24, 2.45) is 0 Å². The molecule has 0 saturated carbocycles. The summed E-state index contributed by atoms with van der Waals surface area (Å²) in [5, 5.41) is 9.76. The van der Waals surface area contributed by atoms with Gasteiger partial charge in [-0.3, -0.25) is 14.7 Å². The number of amides is 1. The molecule has 1 aliphatic rings. The van der Waals surface area contributed by atoms with Gasteiger partial charge in [-0.25, -0.2) is 0 Å². The number of rotatable bonds is 5. The summed E-state index contributed by atoms with van der Waals surface area (Å²) in [4.78, 5) is 21.8. The van der Waals surface area contributed by atoms with Crippen molar-refractivity contribution < 1.29 is 9.53 Å². The first kappa shape index (κ1) is 21.5. The molecule has 1 saturated heterocycles. The standard InChI is InChI=1S/C26H26N4O2/c1-19-23(12-13-24(28-19)20-6-4-3-5-7-20)26(31)30-16-14-29(15-17-30)25(18-27)21-8-10-22(32-2)11-9-21/h3-13,25H,14-17H2,1-2H3. The molecule has 0 bridgehead atoms. The van der Waals surface area contributed by atoms with Crippen LogP contribution in [0, 0.1) is 18.3 Å². The van der Waals surface area contributed by atoms with Gasteiger partial charge in [0.25, 0.3) is 5.91 Å². The summed E-state index contributed by atoms with van der Waals surface area (Å²) in [5.41, 5.74) is 4.19. The molecule has 3 aromatic rings. The summed E-state index contributed by atoms with van der Waals surface area (Å²) in [7, 11) is 1.62. The molecule has 1 atom stereocenters. The van der Waals surface area contributed by atoms with Crippen molar-refractivity contribution in [2.45, 2.75) is 13.0 Å². The number of aryl methyl sites for hydroxylation is 1. The Morgan fingerprint density at radius 2 is 1.69 bits per heavy atom.